The van der Waals surface area contributed by atoms with E-state index in [-0.39, 0.29) is 81.7 Å². The second-order valence-corrected chi connectivity index (χ2v) is 80.7. The molecule has 0 radical (unpaired) electrons. The fraction of sp³-hybridized carbons (Fsp3) is 0.837. The summed E-state index contributed by atoms with van der Waals surface area (Å²) in [5.41, 5.74) is 3.30. The van der Waals surface area contributed by atoms with Crippen LogP contribution in [0.1, 0.15) is 223 Å². The molecule has 3 rings (SSSR count). The van der Waals surface area contributed by atoms with Crippen LogP contribution in [0.15, 0.2) is 63.9 Å². The van der Waals surface area contributed by atoms with Crippen molar-refractivity contribution in [3.05, 3.63) is 71.0 Å². The highest BCUT2D eigenvalue weighted by molar-refractivity contribution is 7.48. The van der Waals surface area contributed by atoms with E-state index in [1.165, 1.54) is 0 Å². The number of likely N-dealkylation sites (N-methyl/N-ethyl adjacent to an activating group) is 1. The number of phosphoric acid groups is 1. The van der Waals surface area contributed by atoms with Gasteiger partial charge < -0.3 is 55.7 Å². The maximum atomic E-state index is 16.2. The molecule has 2 fully saturated rings. The summed E-state index contributed by atoms with van der Waals surface area (Å²) >= 11 is 0. The molecule has 1 aromatic rings. The fourth-order valence-electron chi connectivity index (χ4n) is 15.6. The Morgan fingerprint density at radius 3 is 1.73 bits per heavy atom. The lowest BCUT2D eigenvalue weighted by Crippen LogP contribution is -2.62. The lowest BCUT2D eigenvalue weighted by Gasteiger charge is -2.53. The standard InChI is InChI=1S/C92H179N4O15PSi7/c1-43-118(44-2,66(5)6)110-82(76(65-99-29)96(27)28)84(111-119(45-3,46-4)67(7)8)86(97)94-56-54-70(11)87-95-75(64-101-87)51-48-52-77-73(14)80(108-116(39,40)89(19,20)21)63-92(104-77)91(25,26)85(106-112(98,102-57-59-113(31,32)33)103-58-60-114(34,35)36)83(105-92)79(100-30)62-78(107-115(37,38)88(16,17)18)74(15)81(109-117(41,42)90(22,23)24)72(13)61-71(12)69(10)50-47-49-68(9)53-55-93/h47-51,53,61,64,66-67,70,72-74,76-85H,43-46,52,54,56-60,62-63,65H2,1-42H3,(H,94,97)/b49-47+,51-48+,68-53-,69-50+,71-61+/t70-,72+,73+,74-,76-,77-,78-,79-,80+,81+,82-,83+,84-,85-,92+/m1/s1. The van der Waals surface area contributed by atoms with Crippen LogP contribution in [0.4, 0.5) is 0 Å². The van der Waals surface area contributed by atoms with Gasteiger partial charge in [0.05, 0.1) is 68.6 Å². The van der Waals surface area contributed by atoms with Gasteiger partial charge in [-0.2, -0.15) is 5.26 Å². The summed E-state index contributed by atoms with van der Waals surface area (Å²) in [5.74, 6) is -1.57. The van der Waals surface area contributed by atoms with Gasteiger partial charge in [-0.1, -0.05) is 234 Å². The van der Waals surface area contributed by atoms with Crippen LogP contribution in [-0.2, 0) is 64.0 Å². The number of carbonyl (C=O) groups is 1. The number of hydrogen-bond acceptors (Lipinski definition) is 18. The van der Waals surface area contributed by atoms with E-state index in [1.54, 1.807) is 26.6 Å². The topological polar surface area (TPSA) is 210 Å². The largest absolute Gasteiger partial charge is 0.475 e. The zero-order valence-corrected chi connectivity index (χ0v) is 91.6. The van der Waals surface area contributed by atoms with Gasteiger partial charge in [-0.15, -0.1) is 0 Å². The molecule has 1 N–H and O–H groups in total. The van der Waals surface area contributed by atoms with Gasteiger partial charge in [-0.05, 0) is 173 Å². The Balaban J connectivity index is 2.40. The smallest absolute Gasteiger partial charge is 0.448 e. The van der Waals surface area contributed by atoms with Crippen molar-refractivity contribution in [2.45, 2.75) is 419 Å². The Labute approximate surface area is 736 Å². The number of aromatic nitrogens is 1. The highest BCUT2D eigenvalue weighted by Gasteiger charge is 2.69. The number of carbonyl (C=O) groups excluding carboxylic acids is 1. The van der Waals surface area contributed by atoms with Gasteiger partial charge in [0.25, 0.3) is 5.91 Å². The molecule has 3 heterocycles. The van der Waals surface area contributed by atoms with E-state index < -0.39 is 119 Å². The van der Waals surface area contributed by atoms with E-state index in [4.69, 9.17) is 64.0 Å². The van der Waals surface area contributed by atoms with Crippen molar-refractivity contribution in [3.8, 4) is 6.07 Å². The molecule has 0 aliphatic carbocycles. The van der Waals surface area contributed by atoms with E-state index in [0.29, 0.717) is 56.0 Å². The highest BCUT2D eigenvalue weighted by atomic mass is 31.2. The van der Waals surface area contributed by atoms with E-state index in [9.17, 15) is 5.26 Å². The van der Waals surface area contributed by atoms with Crippen LogP contribution in [0.2, 0.25) is 141 Å². The van der Waals surface area contributed by atoms with Crippen LogP contribution in [0.3, 0.4) is 0 Å². The van der Waals surface area contributed by atoms with Gasteiger partial charge in [0.1, 0.15) is 24.2 Å². The average Bonchev–Trinajstić information content (AvgIpc) is 1.55. The molecule has 1 aromatic heterocycles. The van der Waals surface area contributed by atoms with E-state index in [0.717, 1.165) is 53.0 Å². The highest BCUT2D eigenvalue weighted by Crippen LogP contribution is 2.63. The monoisotopic (exact) mass is 1810 g/mol. The van der Waals surface area contributed by atoms with Crippen molar-refractivity contribution in [3.63, 3.8) is 0 Å². The zero-order valence-electron chi connectivity index (χ0n) is 83.7. The lowest BCUT2D eigenvalue weighted by atomic mass is 9.72. The van der Waals surface area contributed by atoms with Crippen LogP contribution in [0.25, 0.3) is 6.08 Å². The van der Waals surface area contributed by atoms with Gasteiger partial charge in [0, 0.05) is 79.0 Å². The van der Waals surface area contributed by atoms with Crippen LogP contribution in [0, 0.1) is 34.5 Å². The molecule has 0 saturated carbocycles. The summed E-state index contributed by atoms with van der Waals surface area (Å²) in [7, 11) is -12.8. The molecule has 2 aliphatic heterocycles. The summed E-state index contributed by atoms with van der Waals surface area (Å²) < 4.78 is 110. The number of methoxy groups -OCH3 is 2. The molecule has 0 aromatic carbocycles. The number of hydrogen-bond donors (Lipinski definition) is 1. The van der Waals surface area contributed by atoms with E-state index in [2.05, 4.69) is 286 Å². The first-order chi connectivity index (χ1) is 54.4. The predicted molar refractivity (Wildman–Crippen MR) is 516 cm³/mol. The summed E-state index contributed by atoms with van der Waals surface area (Å²) in [5, 5.41) is 12.3. The van der Waals surface area contributed by atoms with E-state index >= 15 is 9.36 Å². The molecule has 0 bridgehead atoms. The Morgan fingerprint density at radius 2 is 1.26 bits per heavy atom. The molecule has 1 amide bonds. The van der Waals surface area contributed by atoms with Crippen molar-refractivity contribution in [2.24, 2.45) is 23.2 Å². The molecule has 0 unspecified atom stereocenters. The molecule has 19 nitrogen and oxygen atoms in total. The third kappa shape index (κ3) is 31.2. The SMILES string of the molecule is CC[Si](CC)(O[C@H]([C@@H](COC)N(C)C)[C@@H](O[Si](CC)(CC)C(C)C)C(=O)NCC[C@@H](C)c1nc(/C=C/C[C@H]2O[C@@]3(C[C@H](O[Si](C)(C)C(C)(C)C)[C@H]2C)O[C@@H]([C@@H](C[C@@H](O[Si](C)(C)C(C)(C)C)[C@@H](C)[C@@H](O[Si](C)(C)C(C)(C)C)[C@@H](C)/C=C(C)/C(C)=C/C=C/C(C)=C\C#N)OC)[C@@H](OP(=O)(OCC[Si](C)(C)C)OCC[Si](C)(C)C)C3(C)C)co1)C(C)C. The molecular formula is C92H179N4O15PSi7. The minimum Gasteiger partial charge on any atom is -0.448 e. The van der Waals surface area contributed by atoms with Crippen LogP contribution in [-0.4, -0.2) is 195 Å². The Bertz CT molecular complexity index is 3490. The third-order valence-corrected chi connectivity index (χ3v) is 56.9. The molecule has 690 valence electrons. The van der Waals surface area contributed by atoms with Crippen molar-refractivity contribution in [1.29, 1.82) is 5.26 Å². The normalized spacial score (nSPS) is 22.8. The van der Waals surface area contributed by atoms with Crippen LogP contribution in [0.5, 0.6) is 0 Å². The Hall–Kier alpha value is -1.90. The minimum atomic E-state index is -4.40. The van der Waals surface area contributed by atoms with E-state index in [1.807, 2.05) is 39.2 Å². The van der Waals surface area contributed by atoms with Crippen LogP contribution >= 0.6 is 7.82 Å². The van der Waals surface area contributed by atoms with Crippen molar-refractivity contribution in [1.82, 2.24) is 15.2 Å². The second kappa shape index (κ2) is 45.9. The number of allylic oxidation sites excluding steroid dienone is 7. The zero-order chi connectivity index (χ0) is 91.6. The van der Waals surface area contributed by atoms with Gasteiger partial charge in [-0.25, -0.2) is 9.55 Å². The quantitative estimate of drug-likeness (QED) is 0.0278. The average molecular weight is 1810 g/mol. The number of nitrogens with one attached hydrogen (secondary N) is 1. The summed E-state index contributed by atoms with van der Waals surface area (Å²) in [6.45, 7) is 86.7. The number of nitriles is 1. The lowest BCUT2D eigenvalue weighted by molar-refractivity contribution is -0.333. The van der Waals surface area contributed by atoms with Gasteiger partial charge in [0.15, 0.2) is 59.4 Å². The number of oxazole rings is 1. The summed E-state index contributed by atoms with van der Waals surface area (Å²) in [4.78, 5) is 22.4. The number of amides is 1. The van der Waals surface area contributed by atoms with Crippen molar-refractivity contribution in [2.75, 3.05) is 54.7 Å². The minimum absolute atomic E-state index is 0.0752. The predicted octanol–water partition coefficient (Wildman–Crippen LogP) is 25.3. The summed E-state index contributed by atoms with van der Waals surface area (Å²) in [6, 6.07) is 6.99. The van der Waals surface area contributed by atoms with Crippen molar-refractivity contribution < 1.29 is 68.4 Å². The van der Waals surface area contributed by atoms with Crippen molar-refractivity contribution >= 4 is 77.5 Å². The number of phosphoric ester groups is 1. The molecule has 119 heavy (non-hydrogen) atoms. The first-order valence-electron chi connectivity index (χ1n) is 45.4. The third-order valence-electron chi connectivity index (χ3n) is 28.0. The molecule has 1 spiro atoms. The first-order valence-corrected chi connectivity index (χ1v) is 67.8. The fourth-order valence-corrected chi connectivity index (χ4v) is 30.2. The molecule has 15 atom stereocenters. The molecule has 27 heteroatoms. The maximum absolute atomic E-state index is 16.2. The van der Waals surface area contributed by atoms with Gasteiger partial charge in [-0.3, -0.25) is 18.4 Å². The molecular weight excluding hydrogens is 1630 g/mol. The Kier molecular flexibility index (Phi) is 42.9. The summed E-state index contributed by atoms with van der Waals surface area (Å²) in [6.07, 6.45) is 11.9. The molecule has 2 saturated heterocycles. The van der Waals surface area contributed by atoms with Crippen LogP contribution < -0.4 is 5.32 Å². The number of ether oxygens (including phenoxy) is 4. The maximum Gasteiger partial charge on any atom is 0.475 e. The first kappa shape index (κ1) is 111. The number of rotatable bonds is 50. The van der Waals surface area contributed by atoms with Gasteiger partial charge in [0.2, 0.25) is 0 Å². The molecule has 2 aliphatic rings. The number of nitrogens with zero attached hydrogens (tertiary/aromatic N) is 3. The Morgan fingerprint density at radius 1 is 0.739 bits per heavy atom. The second-order valence-electron chi connectivity index (χ2n) is 43.7. The van der Waals surface area contributed by atoms with Gasteiger partial charge >= 0.3 is 7.82 Å².